The van der Waals surface area contributed by atoms with Crippen molar-refractivity contribution in [1.82, 2.24) is 0 Å². The fourth-order valence-electron chi connectivity index (χ4n) is 1.73. The molecule has 0 radical (unpaired) electrons. The minimum Gasteiger partial charge on any atom is -0.508 e. The Hall–Kier alpha value is -1.80. The van der Waals surface area contributed by atoms with Crippen LogP contribution in [0.15, 0.2) is 42.5 Å². The summed E-state index contributed by atoms with van der Waals surface area (Å²) in [6, 6.07) is 10.9. The largest absolute Gasteiger partial charge is 0.508 e. The predicted molar refractivity (Wildman–Crippen MR) is 86.7 cm³/mol. The Bertz CT molecular complexity index is 643. The van der Waals surface area contributed by atoms with Gasteiger partial charge in [0.1, 0.15) is 23.3 Å². The van der Waals surface area contributed by atoms with Gasteiger partial charge in [0, 0.05) is 3.57 Å². The highest BCUT2D eigenvalue weighted by molar-refractivity contribution is 14.1. The number of phenolic OH excluding ortho intramolecular Hbond substituents is 1. The minimum absolute atomic E-state index is 0.176. The standard InChI is InChI=1S/C15H14INO4/c16-13-8-12(21-11-5-2-10(18)3-6-11)4-1-9(13)7-14(17)15(19)20/h1-6,8,14,18H,7,17H2,(H,19,20). The van der Waals surface area contributed by atoms with Gasteiger partial charge in [-0.1, -0.05) is 6.07 Å². The van der Waals surface area contributed by atoms with Gasteiger partial charge in [-0.3, -0.25) is 4.79 Å². The summed E-state index contributed by atoms with van der Waals surface area (Å²) in [5.41, 5.74) is 6.40. The maximum atomic E-state index is 10.8. The summed E-state index contributed by atoms with van der Waals surface area (Å²) in [4.78, 5) is 10.8. The summed E-state index contributed by atoms with van der Waals surface area (Å²) < 4.78 is 6.55. The molecule has 0 saturated carbocycles. The Balaban J connectivity index is 2.11. The minimum atomic E-state index is -1.02. The number of benzene rings is 2. The number of halogens is 1. The predicted octanol–water partition coefficient (Wildman–Crippen LogP) is 2.74. The number of carbonyl (C=O) groups is 1. The van der Waals surface area contributed by atoms with Crippen molar-refractivity contribution in [2.75, 3.05) is 0 Å². The lowest BCUT2D eigenvalue weighted by Crippen LogP contribution is -2.32. The smallest absolute Gasteiger partial charge is 0.320 e. The highest BCUT2D eigenvalue weighted by Crippen LogP contribution is 2.26. The highest BCUT2D eigenvalue weighted by atomic mass is 127. The maximum absolute atomic E-state index is 10.8. The molecular weight excluding hydrogens is 385 g/mol. The third kappa shape index (κ3) is 4.33. The van der Waals surface area contributed by atoms with Crippen LogP contribution >= 0.6 is 22.6 Å². The SMILES string of the molecule is NC(Cc1ccc(Oc2ccc(O)cc2)cc1I)C(=O)O. The average Bonchev–Trinajstić information content (AvgIpc) is 2.44. The van der Waals surface area contributed by atoms with Gasteiger partial charge in [0.2, 0.25) is 0 Å². The second-order valence-electron chi connectivity index (χ2n) is 4.50. The van der Waals surface area contributed by atoms with Crippen molar-refractivity contribution in [1.29, 1.82) is 0 Å². The van der Waals surface area contributed by atoms with E-state index in [1.165, 1.54) is 0 Å². The zero-order valence-corrected chi connectivity index (χ0v) is 13.1. The number of rotatable bonds is 5. The Labute approximate surface area is 135 Å². The third-order valence-electron chi connectivity index (χ3n) is 2.85. The molecule has 0 aliphatic carbocycles. The summed E-state index contributed by atoms with van der Waals surface area (Å²) in [6.07, 6.45) is 0.271. The molecule has 1 unspecified atom stereocenters. The molecule has 110 valence electrons. The van der Waals surface area contributed by atoms with Crippen molar-refractivity contribution >= 4 is 28.6 Å². The van der Waals surface area contributed by atoms with E-state index in [-0.39, 0.29) is 12.2 Å². The molecule has 2 aromatic rings. The van der Waals surface area contributed by atoms with Crippen LogP contribution in [-0.4, -0.2) is 22.2 Å². The molecule has 0 heterocycles. The van der Waals surface area contributed by atoms with Gasteiger partial charge in [-0.25, -0.2) is 0 Å². The van der Waals surface area contributed by atoms with Crippen molar-refractivity contribution in [3.05, 3.63) is 51.6 Å². The van der Waals surface area contributed by atoms with E-state index < -0.39 is 12.0 Å². The zero-order chi connectivity index (χ0) is 15.4. The van der Waals surface area contributed by atoms with Crippen molar-refractivity contribution in [3.63, 3.8) is 0 Å². The second-order valence-corrected chi connectivity index (χ2v) is 5.66. The molecule has 0 aliphatic rings. The molecule has 5 nitrogen and oxygen atoms in total. The number of phenols is 1. The van der Waals surface area contributed by atoms with Gasteiger partial charge in [0.15, 0.2) is 0 Å². The van der Waals surface area contributed by atoms with Crippen LogP contribution < -0.4 is 10.5 Å². The van der Waals surface area contributed by atoms with Crippen LogP contribution in [0.1, 0.15) is 5.56 Å². The van der Waals surface area contributed by atoms with Crippen LogP contribution in [0.4, 0.5) is 0 Å². The van der Waals surface area contributed by atoms with E-state index in [4.69, 9.17) is 15.6 Å². The Morgan fingerprint density at radius 3 is 2.38 bits per heavy atom. The Kier molecular flexibility index (Phi) is 5.03. The van der Waals surface area contributed by atoms with Gasteiger partial charge in [-0.2, -0.15) is 0 Å². The second kappa shape index (κ2) is 6.77. The quantitative estimate of drug-likeness (QED) is 0.673. The van der Waals surface area contributed by atoms with Crippen LogP contribution in [0.25, 0.3) is 0 Å². The Morgan fingerprint density at radius 2 is 1.81 bits per heavy atom. The van der Waals surface area contributed by atoms with E-state index in [2.05, 4.69) is 22.6 Å². The van der Waals surface area contributed by atoms with Crippen molar-refractivity contribution in [2.45, 2.75) is 12.5 Å². The van der Waals surface area contributed by atoms with Gasteiger partial charge in [-0.15, -0.1) is 0 Å². The van der Waals surface area contributed by atoms with Crippen LogP contribution in [0.5, 0.6) is 17.2 Å². The first-order valence-electron chi connectivity index (χ1n) is 6.19. The lowest BCUT2D eigenvalue weighted by Gasteiger charge is -2.11. The van der Waals surface area contributed by atoms with E-state index in [9.17, 15) is 9.90 Å². The van der Waals surface area contributed by atoms with E-state index in [1.807, 2.05) is 6.07 Å². The van der Waals surface area contributed by atoms with Crippen LogP contribution in [0.3, 0.4) is 0 Å². The van der Waals surface area contributed by atoms with Gasteiger partial charge in [0.05, 0.1) is 0 Å². The first kappa shape index (κ1) is 15.6. The van der Waals surface area contributed by atoms with Crippen molar-refractivity contribution in [3.8, 4) is 17.2 Å². The molecule has 0 bridgehead atoms. The van der Waals surface area contributed by atoms with Gasteiger partial charge in [-0.05, 0) is 71.0 Å². The molecule has 1 atom stereocenters. The number of aliphatic carboxylic acids is 1. The number of nitrogens with two attached hydrogens (primary N) is 1. The summed E-state index contributed by atoms with van der Waals surface area (Å²) >= 11 is 2.12. The van der Waals surface area contributed by atoms with Crippen molar-refractivity contribution in [2.24, 2.45) is 5.73 Å². The summed E-state index contributed by atoms with van der Waals surface area (Å²) in [5, 5.41) is 18.0. The molecule has 21 heavy (non-hydrogen) atoms. The fourth-order valence-corrected chi connectivity index (χ4v) is 2.44. The topological polar surface area (TPSA) is 92.8 Å². The maximum Gasteiger partial charge on any atom is 0.320 e. The van der Waals surface area contributed by atoms with Gasteiger partial charge < -0.3 is 20.7 Å². The monoisotopic (exact) mass is 399 g/mol. The number of aromatic hydroxyl groups is 1. The first-order valence-corrected chi connectivity index (χ1v) is 7.27. The first-order chi connectivity index (χ1) is 9.95. The molecule has 0 spiro atoms. The molecule has 2 rings (SSSR count). The van der Waals surface area contributed by atoms with Crippen molar-refractivity contribution < 1.29 is 19.7 Å². The molecule has 2 aromatic carbocycles. The third-order valence-corrected chi connectivity index (χ3v) is 3.86. The van der Waals surface area contributed by atoms with Gasteiger partial charge in [0.25, 0.3) is 0 Å². The highest BCUT2D eigenvalue weighted by Gasteiger charge is 2.14. The molecule has 0 amide bonds. The molecular formula is C15H14INO4. The van der Waals surface area contributed by atoms with Crippen LogP contribution in [0, 0.1) is 3.57 Å². The normalized spacial score (nSPS) is 11.9. The van der Waals surface area contributed by atoms with E-state index in [1.54, 1.807) is 36.4 Å². The van der Waals surface area contributed by atoms with Crippen LogP contribution in [-0.2, 0) is 11.2 Å². The number of carboxylic acids is 1. The van der Waals surface area contributed by atoms with Gasteiger partial charge >= 0.3 is 5.97 Å². The lowest BCUT2D eigenvalue weighted by molar-refractivity contribution is -0.138. The summed E-state index contributed by atoms with van der Waals surface area (Å²) in [6.45, 7) is 0. The van der Waals surface area contributed by atoms with E-state index in [0.29, 0.717) is 11.5 Å². The number of carboxylic acid groups (broad SMARTS) is 1. The average molecular weight is 399 g/mol. The number of hydrogen-bond donors (Lipinski definition) is 3. The number of ether oxygens (including phenoxy) is 1. The zero-order valence-electron chi connectivity index (χ0n) is 11.0. The van der Waals surface area contributed by atoms with Crippen LogP contribution in [0.2, 0.25) is 0 Å². The molecule has 4 N–H and O–H groups in total. The van der Waals surface area contributed by atoms with E-state index >= 15 is 0 Å². The number of hydrogen-bond acceptors (Lipinski definition) is 4. The van der Waals surface area contributed by atoms with E-state index in [0.717, 1.165) is 9.13 Å². The summed E-state index contributed by atoms with van der Waals surface area (Å²) in [5.74, 6) is 0.404. The fraction of sp³-hybridized carbons (Fsp3) is 0.133. The Morgan fingerprint density at radius 1 is 1.19 bits per heavy atom. The molecule has 6 heteroatoms. The molecule has 0 fully saturated rings. The molecule has 0 aromatic heterocycles. The molecule has 0 saturated heterocycles. The molecule has 0 aliphatic heterocycles. The summed E-state index contributed by atoms with van der Waals surface area (Å²) in [7, 11) is 0. The lowest BCUT2D eigenvalue weighted by atomic mass is 10.1.